The Labute approximate surface area is 139 Å². The predicted molar refractivity (Wildman–Crippen MR) is 87.6 cm³/mol. The first-order chi connectivity index (χ1) is 11.7. The van der Waals surface area contributed by atoms with Crippen molar-refractivity contribution in [2.24, 2.45) is 0 Å². The van der Waals surface area contributed by atoms with Crippen LogP contribution in [0.15, 0.2) is 41.3 Å². The van der Waals surface area contributed by atoms with Gasteiger partial charge in [-0.25, -0.2) is 4.98 Å². The van der Waals surface area contributed by atoms with Gasteiger partial charge in [0.05, 0.1) is 17.7 Å². The minimum Gasteiger partial charge on any atom is -0.438 e. The van der Waals surface area contributed by atoms with E-state index < -0.39 is 5.41 Å². The van der Waals surface area contributed by atoms with Crippen LogP contribution in [0.1, 0.15) is 42.3 Å². The molecule has 2 aromatic rings. The molecule has 0 unspecified atom stereocenters. The smallest absolute Gasteiger partial charge is 0.291 e. The van der Waals surface area contributed by atoms with Gasteiger partial charge in [0.25, 0.3) is 5.91 Å². The number of oxazole rings is 1. The lowest BCUT2D eigenvalue weighted by Gasteiger charge is -2.33. The molecular formula is C18H19N3O3. The molecule has 6 nitrogen and oxygen atoms in total. The molecule has 3 heterocycles. The normalized spacial score (nSPS) is 25.1. The quantitative estimate of drug-likeness (QED) is 0.941. The molecule has 1 aromatic heterocycles. The fourth-order valence-electron chi connectivity index (χ4n) is 4.18. The van der Waals surface area contributed by atoms with Gasteiger partial charge in [-0.2, -0.15) is 0 Å². The maximum Gasteiger partial charge on any atom is 0.291 e. The van der Waals surface area contributed by atoms with Gasteiger partial charge in [-0.15, -0.1) is 0 Å². The van der Waals surface area contributed by atoms with Gasteiger partial charge in [-0.05, 0) is 24.5 Å². The van der Waals surface area contributed by atoms with Gasteiger partial charge in [-0.1, -0.05) is 31.5 Å². The second kappa shape index (κ2) is 5.47. The molecule has 24 heavy (non-hydrogen) atoms. The SMILES string of the molecule is CCC[C@@H]1N(C(=O)c2cnco2)CC[C@]12C(=O)Nc1ccccc12. The Morgan fingerprint density at radius 3 is 3.04 bits per heavy atom. The average molecular weight is 325 g/mol. The third-order valence-electron chi connectivity index (χ3n) is 5.22. The standard InChI is InChI=1S/C18H19N3O3/c1-2-5-15-18(12-6-3-4-7-13(12)20-17(18)23)8-9-21(15)16(22)14-10-19-11-24-14/h3-4,6-7,10-11,15H,2,5,8-9H2,1H3,(H,20,23)/t15-,18+/m0/s1. The molecule has 4 rings (SSSR count). The minimum absolute atomic E-state index is 0.00461. The zero-order valence-electron chi connectivity index (χ0n) is 13.5. The Bertz CT molecular complexity index is 787. The Morgan fingerprint density at radius 2 is 2.29 bits per heavy atom. The molecule has 1 aromatic carbocycles. The zero-order chi connectivity index (χ0) is 16.7. The Balaban J connectivity index is 1.77. The molecule has 0 bridgehead atoms. The van der Waals surface area contributed by atoms with Crippen LogP contribution in [0.25, 0.3) is 0 Å². The van der Waals surface area contributed by atoms with Crippen molar-refractivity contribution in [3.8, 4) is 0 Å². The van der Waals surface area contributed by atoms with E-state index in [2.05, 4.69) is 17.2 Å². The first kappa shape index (κ1) is 14.9. The highest BCUT2D eigenvalue weighted by Crippen LogP contribution is 2.49. The molecule has 0 radical (unpaired) electrons. The lowest BCUT2D eigenvalue weighted by molar-refractivity contribution is -0.121. The van der Waals surface area contributed by atoms with Gasteiger partial charge in [0.1, 0.15) is 0 Å². The third-order valence-corrected chi connectivity index (χ3v) is 5.22. The summed E-state index contributed by atoms with van der Waals surface area (Å²) in [4.78, 5) is 31.3. The number of anilines is 1. The summed E-state index contributed by atoms with van der Waals surface area (Å²) in [6, 6.07) is 7.61. The number of amides is 2. The van der Waals surface area contributed by atoms with Crippen molar-refractivity contribution in [2.75, 3.05) is 11.9 Å². The van der Waals surface area contributed by atoms with Gasteiger partial charge >= 0.3 is 0 Å². The molecular weight excluding hydrogens is 306 g/mol. The van der Waals surface area contributed by atoms with E-state index in [4.69, 9.17) is 4.42 Å². The molecule has 2 amide bonds. The van der Waals surface area contributed by atoms with Gasteiger partial charge in [0.2, 0.25) is 11.7 Å². The van der Waals surface area contributed by atoms with E-state index in [0.29, 0.717) is 13.0 Å². The van der Waals surface area contributed by atoms with Gasteiger partial charge in [0, 0.05) is 12.2 Å². The number of fused-ring (bicyclic) bond motifs is 2. The molecule has 0 saturated carbocycles. The number of hydrogen-bond donors (Lipinski definition) is 1. The molecule has 1 spiro atoms. The first-order valence-electron chi connectivity index (χ1n) is 8.29. The van der Waals surface area contributed by atoms with Crippen molar-refractivity contribution in [1.82, 2.24) is 9.88 Å². The third kappa shape index (κ3) is 1.92. The summed E-state index contributed by atoms with van der Waals surface area (Å²) >= 11 is 0. The van der Waals surface area contributed by atoms with Crippen molar-refractivity contribution in [1.29, 1.82) is 0 Å². The molecule has 0 aliphatic carbocycles. The number of nitrogens with one attached hydrogen (secondary N) is 1. The molecule has 6 heteroatoms. The van der Waals surface area contributed by atoms with Crippen LogP contribution in [-0.2, 0) is 10.2 Å². The second-order valence-electron chi connectivity index (χ2n) is 6.39. The van der Waals surface area contributed by atoms with Crippen LogP contribution in [0, 0.1) is 0 Å². The van der Waals surface area contributed by atoms with Gasteiger partial charge in [0.15, 0.2) is 6.39 Å². The molecule has 1 fully saturated rings. The summed E-state index contributed by atoms with van der Waals surface area (Å²) < 4.78 is 5.18. The lowest BCUT2D eigenvalue weighted by Crippen LogP contribution is -2.48. The van der Waals surface area contributed by atoms with Crippen LogP contribution in [0.3, 0.4) is 0 Å². The fraction of sp³-hybridized carbons (Fsp3) is 0.389. The highest BCUT2D eigenvalue weighted by molar-refractivity contribution is 6.08. The van der Waals surface area contributed by atoms with Crippen molar-refractivity contribution in [3.05, 3.63) is 48.2 Å². The van der Waals surface area contributed by atoms with Crippen LogP contribution in [0.5, 0.6) is 0 Å². The molecule has 1 N–H and O–H groups in total. The topological polar surface area (TPSA) is 75.4 Å². The van der Waals surface area contributed by atoms with Crippen LogP contribution in [0.2, 0.25) is 0 Å². The van der Waals surface area contributed by atoms with Crippen LogP contribution < -0.4 is 5.32 Å². The number of rotatable bonds is 3. The van der Waals surface area contributed by atoms with E-state index in [-0.39, 0.29) is 23.6 Å². The summed E-state index contributed by atoms with van der Waals surface area (Å²) in [6.07, 6.45) is 4.97. The van der Waals surface area contributed by atoms with Gasteiger partial charge < -0.3 is 14.6 Å². The highest BCUT2D eigenvalue weighted by atomic mass is 16.3. The number of benzene rings is 1. The summed E-state index contributed by atoms with van der Waals surface area (Å²) in [5.74, 6) is 0.0230. The number of likely N-dealkylation sites (tertiary alicyclic amines) is 1. The number of para-hydroxylation sites is 1. The van der Waals surface area contributed by atoms with Crippen LogP contribution >= 0.6 is 0 Å². The lowest BCUT2D eigenvalue weighted by atomic mass is 9.73. The summed E-state index contributed by atoms with van der Waals surface area (Å²) in [5, 5.41) is 3.00. The van der Waals surface area contributed by atoms with Crippen molar-refractivity contribution in [2.45, 2.75) is 37.6 Å². The molecule has 124 valence electrons. The molecule has 2 aliphatic heterocycles. The maximum atomic E-state index is 12.9. The number of nitrogens with zero attached hydrogens (tertiary/aromatic N) is 2. The molecule has 2 aliphatic rings. The summed E-state index contributed by atoms with van der Waals surface area (Å²) in [7, 11) is 0. The van der Waals surface area contributed by atoms with E-state index in [1.807, 2.05) is 24.3 Å². The largest absolute Gasteiger partial charge is 0.438 e. The highest BCUT2D eigenvalue weighted by Gasteiger charge is 2.58. The van der Waals surface area contributed by atoms with E-state index in [0.717, 1.165) is 24.1 Å². The second-order valence-corrected chi connectivity index (χ2v) is 6.39. The van der Waals surface area contributed by atoms with Crippen LogP contribution in [-0.4, -0.2) is 34.3 Å². The van der Waals surface area contributed by atoms with Crippen molar-refractivity contribution in [3.63, 3.8) is 0 Å². The van der Waals surface area contributed by atoms with Crippen molar-refractivity contribution < 1.29 is 14.0 Å². The number of hydrogen-bond acceptors (Lipinski definition) is 4. The van der Waals surface area contributed by atoms with Crippen LogP contribution in [0.4, 0.5) is 5.69 Å². The minimum atomic E-state index is -0.664. The summed E-state index contributed by atoms with van der Waals surface area (Å²) in [6.45, 7) is 2.60. The number of aromatic nitrogens is 1. The predicted octanol–water partition coefficient (Wildman–Crippen LogP) is 2.58. The molecule has 2 atom stereocenters. The number of carbonyl (C=O) groups is 2. The summed E-state index contributed by atoms with van der Waals surface area (Å²) in [5.41, 5.74) is 1.20. The Morgan fingerprint density at radius 1 is 1.46 bits per heavy atom. The van der Waals surface area contributed by atoms with E-state index >= 15 is 0 Å². The van der Waals surface area contributed by atoms with Gasteiger partial charge in [-0.3, -0.25) is 9.59 Å². The van der Waals surface area contributed by atoms with E-state index in [1.165, 1.54) is 12.6 Å². The maximum absolute atomic E-state index is 12.9. The van der Waals surface area contributed by atoms with E-state index in [9.17, 15) is 9.59 Å². The monoisotopic (exact) mass is 325 g/mol. The Kier molecular flexibility index (Phi) is 3.40. The van der Waals surface area contributed by atoms with E-state index in [1.54, 1.807) is 4.90 Å². The van der Waals surface area contributed by atoms with Crippen molar-refractivity contribution >= 4 is 17.5 Å². The average Bonchev–Trinajstić information content (AvgIpc) is 3.29. The first-order valence-corrected chi connectivity index (χ1v) is 8.29. The zero-order valence-corrected chi connectivity index (χ0v) is 13.5. The molecule has 1 saturated heterocycles. The number of carbonyl (C=O) groups excluding carboxylic acids is 2. The Hall–Kier alpha value is -2.63. The fourth-order valence-corrected chi connectivity index (χ4v) is 4.18.